The number of nitrogens with zero attached hydrogens (tertiary/aromatic N) is 1. The Morgan fingerprint density at radius 1 is 1.25 bits per heavy atom. The summed E-state index contributed by atoms with van der Waals surface area (Å²) in [6.07, 6.45) is 0. The van der Waals surface area contributed by atoms with Crippen LogP contribution in [-0.2, 0) is 19.5 Å². The van der Waals surface area contributed by atoms with Gasteiger partial charge in [-0.1, -0.05) is 12.1 Å². The maximum Gasteiger partial charge on any atom is 0.245 e. The molecule has 6 nitrogen and oxygen atoms in total. The highest BCUT2D eigenvalue weighted by molar-refractivity contribution is 7.89. The van der Waals surface area contributed by atoms with E-state index in [9.17, 15) is 8.42 Å². The van der Waals surface area contributed by atoms with Crippen LogP contribution in [0.4, 0.5) is 5.69 Å². The predicted octanol–water partition coefficient (Wildman–Crippen LogP) is 0.941. The number of para-hydroxylation sites is 1. The van der Waals surface area contributed by atoms with Gasteiger partial charge in [-0.2, -0.15) is 4.31 Å². The predicted molar refractivity (Wildman–Crippen MR) is 78.0 cm³/mol. The van der Waals surface area contributed by atoms with E-state index in [4.69, 9.17) is 15.2 Å². The molecule has 1 aromatic rings. The van der Waals surface area contributed by atoms with Crippen molar-refractivity contribution < 1.29 is 17.9 Å². The third kappa shape index (κ3) is 3.92. The number of rotatable bonds is 8. The lowest BCUT2D eigenvalue weighted by Gasteiger charge is -2.28. The molecular weight excluding hydrogens is 280 g/mol. The van der Waals surface area contributed by atoms with Crippen molar-refractivity contribution in [1.82, 2.24) is 4.31 Å². The van der Waals surface area contributed by atoms with Crippen molar-refractivity contribution in [1.29, 1.82) is 0 Å². The van der Waals surface area contributed by atoms with Crippen LogP contribution in [-0.4, -0.2) is 52.7 Å². The van der Waals surface area contributed by atoms with Crippen molar-refractivity contribution in [3.05, 3.63) is 24.3 Å². The van der Waals surface area contributed by atoms with Crippen LogP contribution >= 0.6 is 0 Å². The first-order valence-electron chi connectivity index (χ1n) is 6.29. The van der Waals surface area contributed by atoms with E-state index in [0.29, 0.717) is 13.2 Å². The molecule has 0 aliphatic rings. The van der Waals surface area contributed by atoms with Crippen LogP contribution in [0.25, 0.3) is 0 Å². The summed E-state index contributed by atoms with van der Waals surface area (Å²) in [5.41, 5.74) is 6.01. The number of anilines is 1. The number of methoxy groups -OCH3 is 2. The summed E-state index contributed by atoms with van der Waals surface area (Å²) in [7, 11) is -0.610. The molecule has 0 radical (unpaired) electrons. The van der Waals surface area contributed by atoms with E-state index < -0.39 is 10.0 Å². The van der Waals surface area contributed by atoms with Gasteiger partial charge in [-0.15, -0.1) is 0 Å². The number of ether oxygens (including phenoxy) is 2. The third-order valence-electron chi connectivity index (χ3n) is 2.92. The highest BCUT2D eigenvalue weighted by Gasteiger charge is 2.30. The molecular formula is C13H22N2O4S. The summed E-state index contributed by atoms with van der Waals surface area (Å²) in [4.78, 5) is 0.110. The molecule has 0 aliphatic carbocycles. The molecule has 1 aromatic carbocycles. The molecule has 1 unspecified atom stereocenters. The van der Waals surface area contributed by atoms with Crippen molar-refractivity contribution in [2.24, 2.45) is 0 Å². The molecule has 0 heterocycles. The Morgan fingerprint density at radius 2 is 1.90 bits per heavy atom. The Balaban J connectivity index is 3.13. The third-order valence-corrected chi connectivity index (χ3v) is 5.01. The quantitative estimate of drug-likeness (QED) is 0.723. The average Bonchev–Trinajstić information content (AvgIpc) is 2.39. The zero-order valence-electron chi connectivity index (χ0n) is 12.1. The van der Waals surface area contributed by atoms with Crippen LogP contribution in [0.15, 0.2) is 29.2 Å². The minimum absolute atomic E-state index is 0.110. The molecule has 1 atom stereocenters. The van der Waals surface area contributed by atoms with Gasteiger partial charge in [-0.3, -0.25) is 0 Å². The molecule has 2 N–H and O–H groups in total. The Labute approximate surface area is 120 Å². The van der Waals surface area contributed by atoms with E-state index in [-0.39, 0.29) is 23.2 Å². The molecule has 114 valence electrons. The van der Waals surface area contributed by atoms with E-state index in [1.165, 1.54) is 24.6 Å². The smallest absolute Gasteiger partial charge is 0.245 e. The number of nitrogen functional groups attached to an aromatic ring is 1. The largest absolute Gasteiger partial charge is 0.398 e. The second kappa shape index (κ2) is 7.58. The highest BCUT2D eigenvalue weighted by atomic mass is 32.2. The molecule has 0 bridgehead atoms. The van der Waals surface area contributed by atoms with Gasteiger partial charge in [0, 0.05) is 26.8 Å². The lowest BCUT2D eigenvalue weighted by Crippen LogP contribution is -2.43. The normalized spacial score (nSPS) is 13.6. The summed E-state index contributed by atoms with van der Waals surface area (Å²) >= 11 is 0. The Kier molecular flexibility index (Phi) is 6.41. The Morgan fingerprint density at radius 3 is 2.45 bits per heavy atom. The van der Waals surface area contributed by atoms with Crippen molar-refractivity contribution >= 4 is 15.7 Å². The summed E-state index contributed by atoms with van der Waals surface area (Å²) < 4.78 is 36.8. The van der Waals surface area contributed by atoms with Gasteiger partial charge < -0.3 is 15.2 Å². The van der Waals surface area contributed by atoms with Gasteiger partial charge in [-0.25, -0.2) is 8.42 Å². The highest BCUT2D eigenvalue weighted by Crippen LogP contribution is 2.23. The van der Waals surface area contributed by atoms with Gasteiger partial charge >= 0.3 is 0 Å². The van der Waals surface area contributed by atoms with Gasteiger partial charge in [0.25, 0.3) is 0 Å². The van der Waals surface area contributed by atoms with Gasteiger partial charge in [0.2, 0.25) is 10.0 Å². The molecule has 7 heteroatoms. The van der Waals surface area contributed by atoms with Gasteiger partial charge in [-0.05, 0) is 19.1 Å². The zero-order chi connectivity index (χ0) is 15.2. The fraction of sp³-hybridized carbons (Fsp3) is 0.538. The van der Waals surface area contributed by atoms with Crippen molar-refractivity contribution in [2.45, 2.75) is 17.9 Å². The molecule has 0 aromatic heterocycles. The number of hydrogen-bond acceptors (Lipinski definition) is 5. The number of nitrogens with two attached hydrogens (primary N) is 1. The summed E-state index contributed by atoms with van der Waals surface area (Å²) in [5.74, 6) is 0. The fourth-order valence-corrected chi connectivity index (χ4v) is 3.64. The topological polar surface area (TPSA) is 81.9 Å². The van der Waals surface area contributed by atoms with Gasteiger partial charge in [0.15, 0.2) is 0 Å². The van der Waals surface area contributed by atoms with E-state index >= 15 is 0 Å². The first kappa shape index (κ1) is 16.9. The monoisotopic (exact) mass is 302 g/mol. The number of benzene rings is 1. The van der Waals surface area contributed by atoms with Crippen LogP contribution in [0, 0.1) is 0 Å². The molecule has 0 amide bonds. The second-order valence-corrected chi connectivity index (χ2v) is 6.31. The maximum atomic E-state index is 12.7. The second-order valence-electron chi connectivity index (χ2n) is 4.45. The van der Waals surface area contributed by atoms with Crippen LogP contribution in [0.1, 0.15) is 6.92 Å². The van der Waals surface area contributed by atoms with Crippen LogP contribution in [0.3, 0.4) is 0 Å². The van der Waals surface area contributed by atoms with E-state index in [2.05, 4.69) is 0 Å². The molecule has 0 fully saturated rings. The lowest BCUT2D eigenvalue weighted by atomic mass is 10.3. The van der Waals surface area contributed by atoms with Crippen molar-refractivity contribution in [3.63, 3.8) is 0 Å². The summed E-state index contributed by atoms with van der Waals surface area (Å²) in [6, 6.07) is 6.12. The van der Waals surface area contributed by atoms with E-state index in [1.54, 1.807) is 25.1 Å². The van der Waals surface area contributed by atoms with Crippen LogP contribution in [0.5, 0.6) is 0 Å². The maximum absolute atomic E-state index is 12.7. The first-order valence-corrected chi connectivity index (χ1v) is 7.73. The molecule has 20 heavy (non-hydrogen) atoms. The minimum atomic E-state index is -3.68. The zero-order valence-corrected chi connectivity index (χ0v) is 12.9. The molecule has 0 saturated carbocycles. The number of sulfonamides is 1. The molecule has 1 rings (SSSR count). The molecule has 0 saturated heterocycles. The standard InChI is InChI=1S/C13H22N2O4S/c1-11(10-19-3)15(8-9-18-2)20(16,17)13-7-5-4-6-12(13)14/h4-7,11H,8-10,14H2,1-3H3. The van der Waals surface area contributed by atoms with Crippen molar-refractivity contribution in [3.8, 4) is 0 Å². The van der Waals surface area contributed by atoms with E-state index in [0.717, 1.165) is 0 Å². The lowest BCUT2D eigenvalue weighted by molar-refractivity contribution is 0.119. The Bertz CT molecular complexity index is 519. The average molecular weight is 302 g/mol. The van der Waals surface area contributed by atoms with Gasteiger partial charge in [0.05, 0.1) is 18.9 Å². The fourth-order valence-electron chi connectivity index (χ4n) is 1.92. The van der Waals surface area contributed by atoms with Crippen molar-refractivity contribution in [2.75, 3.05) is 39.7 Å². The van der Waals surface area contributed by atoms with Gasteiger partial charge in [0.1, 0.15) is 4.90 Å². The Hall–Kier alpha value is -1.15. The van der Waals surface area contributed by atoms with Crippen LogP contribution in [0.2, 0.25) is 0 Å². The van der Waals surface area contributed by atoms with Crippen LogP contribution < -0.4 is 5.73 Å². The first-order chi connectivity index (χ1) is 9.45. The molecule has 0 spiro atoms. The van der Waals surface area contributed by atoms with E-state index in [1.807, 2.05) is 0 Å². The molecule has 0 aliphatic heterocycles. The SMILES string of the molecule is COCCN(C(C)COC)S(=O)(=O)c1ccccc1N. The summed E-state index contributed by atoms with van der Waals surface area (Å²) in [5, 5.41) is 0. The minimum Gasteiger partial charge on any atom is -0.398 e. The number of hydrogen-bond donors (Lipinski definition) is 1. The summed E-state index contributed by atoms with van der Waals surface area (Å²) in [6.45, 7) is 2.64.